The standard InChI is InChI=1S/C24H17Cl2F12NO3S/c1-10(8-43(41,42)9-22(30,31)32)39-21(40)13-3-2-11(5-16(13)24(36,37)38)18(27)7-15(23(33,34)35)12-4-14(20(28)29)19(26)17(25)6-12/h2-7,10,15,20H,8-9H2,1H3,(H,39,40)/b18-7-. The van der Waals surface area contributed by atoms with E-state index < -0.39 is 108 Å². The molecule has 0 radical (unpaired) electrons. The third-order valence-corrected chi connectivity index (χ3v) is 8.04. The van der Waals surface area contributed by atoms with Gasteiger partial charge in [-0.05, 0) is 42.8 Å². The van der Waals surface area contributed by atoms with Crippen molar-refractivity contribution in [2.75, 3.05) is 11.5 Å². The van der Waals surface area contributed by atoms with E-state index in [-0.39, 0.29) is 12.1 Å². The molecule has 2 rings (SSSR count). The number of alkyl halides is 11. The Labute approximate surface area is 245 Å². The molecule has 0 aliphatic rings. The molecule has 0 aliphatic heterocycles. The highest BCUT2D eigenvalue weighted by atomic mass is 35.5. The maximum atomic E-state index is 15.0. The molecule has 1 amide bonds. The second kappa shape index (κ2) is 13.1. The monoisotopic (exact) mass is 697 g/mol. The molecular weight excluding hydrogens is 681 g/mol. The van der Waals surface area contributed by atoms with Crippen LogP contribution in [0, 0.1) is 0 Å². The van der Waals surface area contributed by atoms with Gasteiger partial charge in [0, 0.05) is 17.2 Å². The SMILES string of the molecule is CC(CS(=O)(=O)CC(F)(F)F)NC(=O)c1ccc(/C(F)=C/C(c2cc(Cl)c(Cl)c(C(F)F)c2)C(F)(F)F)cc1C(F)(F)F. The molecule has 0 aromatic heterocycles. The third-order valence-electron chi connectivity index (χ3n) is 5.45. The summed E-state index contributed by atoms with van der Waals surface area (Å²) in [4.78, 5) is 12.4. The first-order chi connectivity index (χ1) is 19.3. The van der Waals surface area contributed by atoms with Crippen molar-refractivity contribution in [3.05, 3.63) is 74.3 Å². The van der Waals surface area contributed by atoms with Gasteiger partial charge in [-0.1, -0.05) is 29.3 Å². The highest BCUT2D eigenvalue weighted by Crippen LogP contribution is 2.43. The number of rotatable bonds is 9. The summed E-state index contributed by atoms with van der Waals surface area (Å²) in [6, 6.07) is -0.0522. The molecule has 240 valence electrons. The van der Waals surface area contributed by atoms with E-state index in [1.165, 1.54) is 0 Å². The number of hydrogen-bond acceptors (Lipinski definition) is 3. The summed E-state index contributed by atoms with van der Waals surface area (Å²) in [5.41, 5.74) is -6.43. The molecule has 2 aromatic carbocycles. The summed E-state index contributed by atoms with van der Waals surface area (Å²) in [6.07, 6.45) is -19.5. The molecule has 0 spiro atoms. The van der Waals surface area contributed by atoms with Gasteiger partial charge in [-0.25, -0.2) is 21.6 Å². The van der Waals surface area contributed by atoms with Crippen molar-refractivity contribution in [1.29, 1.82) is 0 Å². The van der Waals surface area contributed by atoms with Crippen molar-refractivity contribution < 1.29 is 65.9 Å². The first-order valence-corrected chi connectivity index (χ1v) is 13.9. The Morgan fingerprint density at radius 2 is 1.56 bits per heavy atom. The Morgan fingerprint density at radius 3 is 2.05 bits per heavy atom. The fraction of sp³-hybridized carbons (Fsp3) is 0.375. The summed E-state index contributed by atoms with van der Waals surface area (Å²) in [5.74, 6) is -10.1. The van der Waals surface area contributed by atoms with E-state index in [1.54, 1.807) is 5.32 Å². The zero-order valence-electron chi connectivity index (χ0n) is 21.0. The number of allylic oxidation sites excluding steroid dienone is 1. The maximum Gasteiger partial charge on any atom is 0.417 e. The number of nitrogens with one attached hydrogen (secondary N) is 1. The number of sulfone groups is 1. The molecule has 4 nitrogen and oxygen atoms in total. The van der Waals surface area contributed by atoms with E-state index in [2.05, 4.69) is 0 Å². The van der Waals surface area contributed by atoms with Crippen molar-refractivity contribution in [2.24, 2.45) is 0 Å². The van der Waals surface area contributed by atoms with Gasteiger partial charge >= 0.3 is 18.5 Å². The van der Waals surface area contributed by atoms with Crippen LogP contribution in [0.2, 0.25) is 10.0 Å². The first kappa shape index (κ1) is 36.5. The molecule has 2 aromatic rings. The number of hydrogen-bond donors (Lipinski definition) is 1. The highest BCUT2D eigenvalue weighted by Gasteiger charge is 2.42. The van der Waals surface area contributed by atoms with Crippen LogP contribution in [0.3, 0.4) is 0 Å². The van der Waals surface area contributed by atoms with Gasteiger partial charge in [0.2, 0.25) is 0 Å². The number of carbonyl (C=O) groups is 1. The van der Waals surface area contributed by atoms with E-state index >= 15 is 0 Å². The van der Waals surface area contributed by atoms with Gasteiger partial charge in [0.15, 0.2) is 9.84 Å². The minimum absolute atomic E-state index is 0.0430. The van der Waals surface area contributed by atoms with Crippen LogP contribution in [0.15, 0.2) is 36.4 Å². The molecule has 0 heterocycles. The second-order valence-corrected chi connectivity index (χ2v) is 11.9. The molecule has 2 unspecified atom stereocenters. The lowest BCUT2D eigenvalue weighted by Crippen LogP contribution is -2.40. The van der Waals surface area contributed by atoms with E-state index in [9.17, 15) is 65.9 Å². The Morgan fingerprint density at radius 1 is 0.977 bits per heavy atom. The summed E-state index contributed by atoms with van der Waals surface area (Å²) >= 11 is 11.2. The zero-order valence-corrected chi connectivity index (χ0v) is 23.4. The van der Waals surface area contributed by atoms with Crippen LogP contribution in [0.25, 0.3) is 5.83 Å². The maximum absolute atomic E-state index is 15.0. The lowest BCUT2D eigenvalue weighted by Gasteiger charge is -2.20. The molecule has 43 heavy (non-hydrogen) atoms. The van der Waals surface area contributed by atoms with Crippen LogP contribution in [0.5, 0.6) is 0 Å². The number of halogens is 14. The Balaban J connectivity index is 2.51. The predicted molar refractivity (Wildman–Crippen MR) is 132 cm³/mol. The largest absolute Gasteiger partial charge is 0.417 e. The minimum atomic E-state index is -5.44. The molecule has 2 atom stereocenters. The summed E-state index contributed by atoms with van der Waals surface area (Å²) in [5, 5.41) is 0.251. The van der Waals surface area contributed by atoms with Gasteiger partial charge in [0.1, 0.15) is 17.5 Å². The zero-order chi connectivity index (χ0) is 33.3. The molecule has 0 fully saturated rings. The number of carbonyl (C=O) groups excluding carboxylic acids is 1. The smallest absolute Gasteiger partial charge is 0.349 e. The van der Waals surface area contributed by atoms with Crippen molar-refractivity contribution in [1.82, 2.24) is 5.32 Å². The van der Waals surface area contributed by atoms with Crippen LogP contribution in [-0.4, -0.2) is 44.2 Å². The van der Waals surface area contributed by atoms with Gasteiger partial charge in [-0.2, -0.15) is 39.5 Å². The van der Waals surface area contributed by atoms with Crippen LogP contribution >= 0.6 is 23.2 Å². The predicted octanol–water partition coefficient (Wildman–Crippen LogP) is 8.70. The van der Waals surface area contributed by atoms with Gasteiger partial charge in [-0.15, -0.1) is 0 Å². The Hall–Kier alpha value is -2.66. The molecule has 0 bridgehead atoms. The number of amides is 1. The van der Waals surface area contributed by atoms with Crippen molar-refractivity contribution in [3.63, 3.8) is 0 Å². The normalized spacial score (nSPS) is 15.0. The Bertz CT molecular complexity index is 1490. The molecular formula is C24H17Cl2F12NO3S. The second-order valence-electron chi connectivity index (χ2n) is 9.04. The fourth-order valence-electron chi connectivity index (χ4n) is 3.75. The van der Waals surface area contributed by atoms with Crippen LogP contribution in [0.4, 0.5) is 52.7 Å². The molecule has 0 saturated heterocycles. The lowest BCUT2D eigenvalue weighted by atomic mass is 9.94. The quantitative estimate of drug-likeness (QED) is 0.267. The lowest BCUT2D eigenvalue weighted by molar-refractivity contribution is -0.140. The van der Waals surface area contributed by atoms with Crippen LogP contribution in [-0.2, 0) is 16.0 Å². The van der Waals surface area contributed by atoms with Crippen molar-refractivity contribution >= 4 is 44.8 Å². The van der Waals surface area contributed by atoms with E-state index in [0.29, 0.717) is 24.3 Å². The summed E-state index contributed by atoms with van der Waals surface area (Å²) in [6.45, 7) is 0.885. The van der Waals surface area contributed by atoms with E-state index in [1.807, 2.05) is 0 Å². The third kappa shape index (κ3) is 10.2. The average Bonchev–Trinajstić information content (AvgIpc) is 2.80. The van der Waals surface area contributed by atoms with Crippen molar-refractivity contribution in [2.45, 2.75) is 43.8 Å². The molecule has 0 aliphatic carbocycles. The Kier molecular flexibility index (Phi) is 11.2. The fourth-order valence-corrected chi connectivity index (χ4v) is 5.64. The van der Waals surface area contributed by atoms with E-state index in [4.69, 9.17) is 23.2 Å². The average molecular weight is 698 g/mol. The van der Waals surface area contributed by atoms with Gasteiger partial charge in [0.25, 0.3) is 12.3 Å². The first-order valence-electron chi connectivity index (χ1n) is 11.3. The van der Waals surface area contributed by atoms with Crippen LogP contribution < -0.4 is 5.32 Å². The molecule has 0 saturated carbocycles. The van der Waals surface area contributed by atoms with Gasteiger partial charge in [-0.3, -0.25) is 4.79 Å². The number of benzene rings is 2. The summed E-state index contributed by atoms with van der Waals surface area (Å²) in [7, 11) is -4.85. The minimum Gasteiger partial charge on any atom is -0.349 e. The molecule has 1 N–H and O–H groups in total. The highest BCUT2D eigenvalue weighted by molar-refractivity contribution is 7.91. The van der Waals surface area contributed by atoms with Crippen LogP contribution in [0.1, 0.15) is 51.9 Å². The summed E-state index contributed by atoms with van der Waals surface area (Å²) < 4.78 is 185. The topological polar surface area (TPSA) is 63.2 Å². The molecule has 19 heteroatoms. The van der Waals surface area contributed by atoms with Crippen molar-refractivity contribution in [3.8, 4) is 0 Å². The van der Waals surface area contributed by atoms with E-state index in [0.717, 1.165) is 6.92 Å². The van der Waals surface area contributed by atoms with Gasteiger partial charge < -0.3 is 5.32 Å². The van der Waals surface area contributed by atoms with Gasteiger partial charge in [0.05, 0.1) is 26.9 Å².